The van der Waals surface area contributed by atoms with Crippen molar-refractivity contribution in [2.24, 2.45) is 5.92 Å². The lowest BCUT2D eigenvalue weighted by Gasteiger charge is -2.22. The zero-order chi connectivity index (χ0) is 17.2. The third-order valence-corrected chi connectivity index (χ3v) is 5.19. The van der Waals surface area contributed by atoms with Crippen molar-refractivity contribution in [3.05, 3.63) is 46.7 Å². The molecule has 0 bridgehead atoms. The number of fused-ring (bicyclic) bond motifs is 1. The summed E-state index contributed by atoms with van der Waals surface area (Å²) in [6.07, 6.45) is 7.29. The van der Waals surface area contributed by atoms with Gasteiger partial charge in [-0.2, -0.15) is 0 Å². The van der Waals surface area contributed by atoms with E-state index in [-0.39, 0.29) is 6.04 Å². The lowest BCUT2D eigenvalue weighted by molar-refractivity contribution is 0.650. The summed E-state index contributed by atoms with van der Waals surface area (Å²) in [5.74, 6) is 2.63. The van der Waals surface area contributed by atoms with Crippen LogP contribution in [0.3, 0.4) is 0 Å². The summed E-state index contributed by atoms with van der Waals surface area (Å²) in [7, 11) is 0. The Balaban J connectivity index is 1.70. The van der Waals surface area contributed by atoms with Crippen molar-refractivity contribution in [2.75, 3.05) is 18.4 Å². The van der Waals surface area contributed by atoms with Crippen LogP contribution in [0.15, 0.2) is 18.3 Å². The predicted molar refractivity (Wildman–Crippen MR) is 99.7 cm³/mol. The van der Waals surface area contributed by atoms with Gasteiger partial charge in [0.2, 0.25) is 0 Å². The third-order valence-electron chi connectivity index (χ3n) is 5.19. The van der Waals surface area contributed by atoms with Gasteiger partial charge in [0.1, 0.15) is 11.6 Å². The first-order valence-electron chi connectivity index (χ1n) is 9.53. The average Bonchev–Trinajstić information content (AvgIpc) is 3.46. The number of nitrogens with zero attached hydrogens (tertiary/aromatic N) is 3. The topological polar surface area (TPSA) is 62.7 Å². The molecule has 1 aliphatic carbocycles. The van der Waals surface area contributed by atoms with Gasteiger partial charge in [-0.05, 0) is 56.3 Å². The van der Waals surface area contributed by atoms with Crippen LogP contribution in [0, 0.1) is 12.8 Å². The number of hydrogen-bond donors (Lipinski definition) is 2. The molecular formula is C20H27N5. The van der Waals surface area contributed by atoms with Crippen LogP contribution < -0.4 is 10.6 Å². The summed E-state index contributed by atoms with van der Waals surface area (Å²) in [6, 6.07) is 4.52. The quantitative estimate of drug-likeness (QED) is 0.878. The fourth-order valence-corrected chi connectivity index (χ4v) is 3.61. The van der Waals surface area contributed by atoms with E-state index in [0.717, 1.165) is 49.7 Å². The number of nitrogens with one attached hydrogen (secondary N) is 2. The van der Waals surface area contributed by atoms with Crippen LogP contribution in [0.2, 0.25) is 0 Å². The van der Waals surface area contributed by atoms with Crippen molar-refractivity contribution in [2.45, 2.75) is 52.0 Å². The Labute approximate surface area is 149 Å². The van der Waals surface area contributed by atoms with E-state index in [0.29, 0.717) is 5.92 Å². The number of aryl methyl sites for hydroxylation is 2. The monoisotopic (exact) mass is 337 g/mol. The highest BCUT2D eigenvalue weighted by Gasteiger charge is 2.34. The van der Waals surface area contributed by atoms with E-state index in [4.69, 9.17) is 9.97 Å². The number of pyridine rings is 1. The highest BCUT2D eigenvalue weighted by Crippen LogP contribution is 2.42. The van der Waals surface area contributed by atoms with Crippen LogP contribution in [0.4, 0.5) is 5.82 Å². The minimum atomic E-state index is 0.250. The van der Waals surface area contributed by atoms with Crippen molar-refractivity contribution in [1.82, 2.24) is 20.3 Å². The second-order valence-electron chi connectivity index (χ2n) is 7.23. The molecule has 1 saturated carbocycles. The summed E-state index contributed by atoms with van der Waals surface area (Å²) in [5, 5.41) is 7.25. The first kappa shape index (κ1) is 16.5. The molecule has 2 aromatic rings. The number of aromatic nitrogens is 3. The Morgan fingerprint density at radius 1 is 1.24 bits per heavy atom. The summed E-state index contributed by atoms with van der Waals surface area (Å²) in [4.78, 5) is 14.3. The van der Waals surface area contributed by atoms with Gasteiger partial charge in [-0.1, -0.05) is 6.92 Å². The molecule has 0 saturated heterocycles. The molecular weight excluding hydrogens is 310 g/mol. The van der Waals surface area contributed by atoms with Gasteiger partial charge >= 0.3 is 0 Å². The molecule has 2 aliphatic rings. The maximum absolute atomic E-state index is 4.87. The van der Waals surface area contributed by atoms with E-state index < -0.39 is 0 Å². The lowest BCUT2D eigenvalue weighted by Crippen LogP contribution is -2.19. The minimum Gasteiger partial charge on any atom is -0.361 e. The molecule has 132 valence electrons. The molecule has 0 radical (unpaired) electrons. The molecule has 3 heterocycles. The standard InChI is InChI=1S/C20H27N5/c1-3-18-23-16-8-10-21-9-7-15(16)20(24-18)25-19(14-4-5-14)17-12-13(2)6-11-22-17/h6,11-12,14,19,21H,3-5,7-10H2,1-2H3,(H,23,24,25)/t19-/m0/s1. The normalized spacial score (nSPS) is 18.3. The van der Waals surface area contributed by atoms with Crippen LogP contribution in [0.5, 0.6) is 0 Å². The number of hydrogen-bond acceptors (Lipinski definition) is 5. The first-order valence-corrected chi connectivity index (χ1v) is 9.53. The maximum atomic E-state index is 4.87. The van der Waals surface area contributed by atoms with E-state index in [2.05, 4.69) is 41.6 Å². The second-order valence-corrected chi connectivity index (χ2v) is 7.23. The van der Waals surface area contributed by atoms with Crippen LogP contribution >= 0.6 is 0 Å². The molecule has 4 rings (SSSR count). The molecule has 0 amide bonds. The van der Waals surface area contributed by atoms with Crippen molar-refractivity contribution in [1.29, 1.82) is 0 Å². The predicted octanol–water partition coefficient (Wildman–Crippen LogP) is 2.99. The van der Waals surface area contributed by atoms with Gasteiger partial charge in [0, 0.05) is 31.1 Å². The smallest absolute Gasteiger partial charge is 0.133 e. The zero-order valence-corrected chi connectivity index (χ0v) is 15.2. The SMILES string of the molecule is CCc1nc2c(c(N[C@H](c3cc(C)ccn3)C3CC3)n1)CCNCC2. The third kappa shape index (κ3) is 3.66. The summed E-state index contributed by atoms with van der Waals surface area (Å²) >= 11 is 0. The Bertz CT molecular complexity index is 754. The minimum absolute atomic E-state index is 0.250. The fraction of sp³-hybridized carbons (Fsp3) is 0.550. The van der Waals surface area contributed by atoms with Gasteiger partial charge in [-0.25, -0.2) is 9.97 Å². The van der Waals surface area contributed by atoms with E-state index in [1.165, 1.54) is 29.7 Å². The van der Waals surface area contributed by atoms with Crippen molar-refractivity contribution in [3.63, 3.8) is 0 Å². The van der Waals surface area contributed by atoms with Gasteiger partial charge in [0.15, 0.2) is 0 Å². The van der Waals surface area contributed by atoms with Crippen molar-refractivity contribution in [3.8, 4) is 0 Å². The fourth-order valence-electron chi connectivity index (χ4n) is 3.61. The van der Waals surface area contributed by atoms with Crippen LogP contribution in [0.1, 0.15) is 54.1 Å². The lowest BCUT2D eigenvalue weighted by atomic mass is 10.0. The zero-order valence-electron chi connectivity index (χ0n) is 15.2. The van der Waals surface area contributed by atoms with E-state index in [9.17, 15) is 0 Å². The molecule has 2 aromatic heterocycles. The molecule has 25 heavy (non-hydrogen) atoms. The largest absolute Gasteiger partial charge is 0.361 e. The Morgan fingerprint density at radius 2 is 2.08 bits per heavy atom. The highest BCUT2D eigenvalue weighted by atomic mass is 15.1. The van der Waals surface area contributed by atoms with Gasteiger partial charge in [-0.15, -0.1) is 0 Å². The Hall–Kier alpha value is -2.01. The molecule has 0 spiro atoms. The van der Waals surface area contributed by atoms with Crippen molar-refractivity contribution < 1.29 is 0 Å². The van der Waals surface area contributed by atoms with Crippen LogP contribution in [-0.4, -0.2) is 28.0 Å². The molecule has 5 nitrogen and oxygen atoms in total. The molecule has 1 fully saturated rings. The van der Waals surface area contributed by atoms with Crippen molar-refractivity contribution >= 4 is 5.82 Å². The maximum Gasteiger partial charge on any atom is 0.133 e. The van der Waals surface area contributed by atoms with E-state index >= 15 is 0 Å². The molecule has 0 aromatic carbocycles. The van der Waals surface area contributed by atoms with E-state index in [1.54, 1.807) is 0 Å². The number of rotatable bonds is 5. The first-order chi connectivity index (χ1) is 12.2. The summed E-state index contributed by atoms with van der Waals surface area (Å²) in [5.41, 5.74) is 4.91. The van der Waals surface area contributed by atoms with E-state index in [1.807, 2.05) is 6.20 Å². The summed E-state index contributed by atoms with van der Waals surface area (Å²) < 4.78 is 0. The molecule has 5 heteroatoms. The molecule has 2 N–H and O–H groups in total. The highest BCUT2D eigenvalue weighted by molar-refractivity contribution is 5.49. The molecule has 1 aliphatic heterocycles. The Kier molecular flexibility index (Phi) is 4.66. The van der Waals surface area contributed by atoms with Gasteiger partial charge < -0.3 is 10.6 Å². The number of anilines is 1. The molecule has 1 atom stereocenters. The van der Waals surface area contributed by atoms with Gasteiger partial charge in [-0.3, -0.25) is 4.98 Å². The van der Waals surface area contributed by atoms with Crippen LogP contribution in [0.25, 0.3) is 0 Å². The van der Waals surface area contributed by atoms with Crippen LogP contribution in [-0.2, 0) is 19.3 Å². The molecule has 0 unspecified atom stereocenters. The van der Waals surface area contributed by atoms with Gasteiger partial charge in [0.05, 0.1) is 17.4 Å². The van der Waals surface area contributed by atoms with Gasteiger partial charge in [0.25, 0.3) is 0 Å². The average molecular weight is 337 g/mol. The summed E-state index contributed by atoms with van der Waals surface area (Å²) in [6.45, 7) is 6.25. The second kappa shape index (κ2) is 7.08. The Morgan fingerprint density at radius 3 is 2.84 bits per heavy atom.